The molecular weight excluding hydrogens is 335 g/mol. The number of nitrogens with zero attached hydrogens (tertiary/aromatic N) is 1. The second-order valence-electron chi connectivity index (χ2n) is 5.87. The van der Waals surface area contributed by atoms with Gasteiger partial charge < -0.3 is 15.2 Å². The van der Waals surface area contributed by atoms with Gasteiger partial charge in [-0.3, -0.25) is 9.78 Å². The molecule has 0 bridgehead atoms. The standard InChI is InChI=1S/C20H19FN2O3/c1-3-5-16(24)14-11-22-20-13(6-4-7-18(20)26-2)19(14)23-12-8-9-17(25)15(21)10-12/h4,6-11,25H,3,5H2,1-2H3,(H,22,23). The van der Waals surface area contributed by atoms with Gasteiger partial charge in [-0.1, -0.05) is 19.1 Å². The number of halogens is 1. The molecule has 2 aromatic carbocycles. The van der Waals surface area contributed by atoms with Crippen molar-refractivity contribution in [2.75, 3.05) is 12.4 Å². The number of aromatic nitrogens is 1. The van der Waals surface area contributed by atoms with Crippen molar-refractivity contribution < 1.29 is 19.0 Å². The highest BCUT2D eigenvalue weighted by Gasteiger charge is 2.17. The van der Waals surface area contributed by atoms with Gasteiger partial charge in [-0.25, -0.2) is 4.39 Å². The van der Waals surface area contributed by atoms with Gasteiger partial charge in [-0.15, -0.1) is 0 Å². The average molecular weight is 354 g/mol. The number of rotatable bonds is 6. The topological polar surface area (TPSA) is 71.5 Å². The van der Waals surface area contributed by atoms with E-state index < -0.39 is 11.6 Å². The Labute approximate surface area is 150 Å². The van der Waals surface area contributed by atoms with Crippen LogP contribution >= 0.6 is 0 Å². The van der Waals surface area contributed by atoms with E-state index >= 15 is 0 Å². The number of phenolic OH excluding ortho intramolecular Hbond substituents is 1. The van der Waals surface area contributed by atoms with Crippen LogP contribution in [-0.2, 0) is 0 Å². The maximum atomic E-state index is 13.7. The zero-order valence-electron chi connectivity index (χ0n) is 14.5. The zero-order chi connectivity index (χ0) is 18.7. The van der Waals surface area contributed by atoms with Crippen molar-refractivity contribution in [2.24, 2.45) is 0 Å². The minimum atomic E-state index is -0.743. The van der Waals surface area contributed by atoms with Crippen LogP contribution in [0.3, 0.4) is 0 Å². The fraction of sp³-hybridized carbons (Fsp3) is 0.200. The van der Waals surface area contributed by atoms with Crippen LogP contribution in [0.4, 0.5) is 15.8 Å². The smallest absolute Gasteiger partial charge is 0.166 e. The van der Waals surface area contributed by atoms with E-state index in [1.807, 2.05) is 13.0 Å². The third kappa shape index (κ3) is 3.31. The van der Waals surface area contributed by atoms with E-state index in [1.165, 1.54) is 18.3 Å². The number of anilines is 2. The molecule has 0 amide bonds. The van der Waals surface area contributed by atoms with Crippen LogP contribution in [0, 0.1) is 5.82 Å². The molecule has 1 aromatic heterocycles. The number of hydrogen-bond donors (Lipinski definition) is 2. The third-order valence-electron chi connectivity index (χ3n) is 4.07. The number of phenols is 1. The number of benzene rings is 2. The number of para-hydroxylation sites is 1. The highest BCUT2D eigenvalue weighted by atomic mass is 19.1. The molecule has 0 spiro atoms. The highest BCUT2D eigenvalue weighted by molar-refractivity contribution is 6.09. The van der Waals surface area contributed by atoms with Gasteiger partial charge in [-0.05, 0) is 24.6 Å². The van der Waals surface area contributed by atoms with Crippen LogP contribution in [0.2, 0.25) is 0 Å². The fourth-order valence-corrected chi connectivity index (χ4v) is 2.80. The summed E-state index contributed by atoms with van der Waals surface area (Å²) in [5, 5.41) is 13.2. The molecule has 5 nitrogen and oxygen atoms in total. The second kappa shape index (κ2) is 7.39. The molecule has 26 heavy (non-hydrogen) atoms. The van der Waals surface area contributed by atoms with Gasteiger partial charge in [0.2, 0.25) is 0 Å². The van der Waals surface area contributed by atoms with Crippen LogP contribution in [0.1, 0.15) is 30.1 Å². The van der Waals surface area contributed by atoms with E-state index in [9.17, 15) is 14.3 Å². The SMILES string of the molecule is CCCC(=O)c1cnc2c(OC)cccc2c1Nc1ccc(O)c(F)c1. The monoisotopic (exact) mass is 354 g/mol. The van der Waals surface area contributed by atoms with Gasteiger partial charge >= 0.3 is 0 Å². The molecule has 0 aliphatic carbocycles. The largest absolute Gasteiger partial charge is 0.505 e. The van der Waals surface area contributed by atoms with Gasteiger partial charge in [0, 0.05) is 29.8 Å². The fourth-order valence-electron chi connectivity index (χ4n) is 2.80. The van der Waals surface area contributed by atoms with Crippen molar-refractivity contribution in [1.29, 1.82) is 0 Å². The predicted octanol–water partition coefficient (Wildman–Crippen LogP) is 4.81. The molecule has 0 radical (unpaired) electrons. The number of ether oxygens (including phenoxy) is 1. The molecule has 0 saturated carbocycles. The summed E-state index contributed by atoms with van der Waals surface area (Å²) in [7, 11) is 1.55. The number of fused-ring (bicyclic) bond motifs is 1. The van der Waals surface area contributed by atoms with E-state index in [2.05, 4.69) is 10.3 Å². The molecule has 3 aromatic rings. The number of carbonyl (C=O) groups is 1. The van der Waals surface area contributed by atoms with E-state index in [4.69, 9.17) is 4.74 Å². The molecular formula is C20H19FN2O3. The number of aromatic hydroxyl groups is 1. The molecule has 0 unspecified atom stereocenters. The lowest BCUT2D eigenvalue weighted by molar-refractivity contribution is 0.0982. The Morgan fingerprint density at radius 3 is 2.81 bits per heavy atom. The Morgan fingerprint density at radius 1 is 1.31 bits per heavy atom. The van der Waals surface area contributed by atoms with Crippen LogP contribution in [0.5, 0.6) is 11.5 Å². The summed E-state index contributed by atoms with van der Waals surface area (Å²) in [4.78, 5) is 16.9. The van der Waals surface area contributed by atoms with Crippen LogP contribution < -0.4 is 10.1 Å². The molecule has 0 aliphatic rings. The van der Waals surface area contributed by atoms with E-state index in [1.54, 1.807) is 25.3 Å². The number of Topliss-reactive ketones (excluding diaryl/α,β-unsaturated/α-hetero) is 1. The molecule has 0 saturated heterocycles. The summed E-state index contributed by atoms with van der Waals surface area (Å²) >= 11 is 0. The van der Waals surface area contributed by atoms with Crippen LogP contribution in [-0.4, -0.2) is 23.0 Å². The quantitative estimate of drug-likeness (QED) is 0.491. The van der Waals surface area contributed by atoms with E-state index in [0.717, 1.165) is 0 Å². The molecule has 134 valence electrons. The number of carbonyl (C=O) groups excluding carboxylic acids is 1. The summed E-state index contributed by atoms with van der Waals surface area (Å²) in [5.41, 5.74) is 1.99. The summed E-state index contributed by atoms with van der Waals surface area (Å²) in [6, 6.07) is 9.39. The lowest BCUT2D eigenvalue weighted by Crippen LogP contribution is -2.06. The van der Waals surface area contributed by atoms with Crippen molar-refractivity contribution in [3.8, 4) is 11.5 Å². The van der Waals surface area contributed by atoms with E-state index in [-0.39, 0.29) is 5.78 Å². The van der Waals surface area contributed by atoms with Crippen molar-refractivity contribution in [1.82, 2.24) is 4.98 Å². The maximum absolute atomic E-state index is 13.7. The summed E-state index contributed by atoms with van der Waals surface area (Å²) in [6.45, 7) is 1.93. The van der Waals surface area contributed by atoms with Gasteiger partial charge in [0.15, 0.2) is 17.3 Å². The lowest BCUT2D eigenvalue weighted by atomic mass is 10.0. The number of nitrogens with one attached hydrogen (secondary N) is 1. The van der Waals surface area contributed by atoms with Gasteiger partial charge in [0.05, 0.1) is 18.4 Å². The number of ketones is 1. The predicted molar refractivity (Wildman–Crippen MR) is 98.9 cm³/mol. The minimum absolute atomic E-state index is 0.0496. The number of hydrogen-bond acceptors (Lipinski definition) is 5. The van der Waals surface area contributed by atoms with Crippen molar-refractivity contribution in [3.63, 3.8) is 0 Å². The Bertz CT molecular complexity index is 973. The minimum Gasteiger partial charge on any atom is -0.505 e. The summed E-state index contributed by atoms with van der Waals surface area (Å²) in [5.74, 6) is -0.644. The van der Waals surface area contributed by atoms with Crippen molar-refractivity contribution in [3.05, 3.63) is 54.0 Å². The molecule has 2 N–H and O–H groups in total. The zero-order valence-corrected chi connectivity index (χ0v) is 14.5. The molecule has 0 atom stereocenters. The molecule has 3 rings (SSSR count). The first-order valence-corrected chi connectivity index (χ1v) is 8.29. The Hall–Kier alpha value is -3.15. The number of pyridine rings is 1. The number of methoxy groups -OCH3 is 1. The third-order valence-corrected chi connectivity index (χ3v) is 4.07. The maximum Gasteiger partial charge on any atom is 0.166 e. The first-order valence-electron chi connectivity index (χ1n) is 8.29. The van der Waals surface area contributed by atoms with Crippen molar-refractivity contribution >= 4 is 28.1 Å². The van der Waals surface area contributed by atoms with Gasteiger partial charge in [0.1, 0.15) is 11.3 Å². The lowest BCUT2D eigenvalue weighted by Gasteiger charge is -2.15. The summed E-state index contributed by atoms with van der Waals surface area (Å²) < 4.78 is 19.1. The molecule has 0 fully saturated rings. The average Bonchev–Trinajstić information content (AvgIpc) is 2.64. The Balaban J connectivity index is 2.19. The van der Waals surface area contributed by atoms with Crippen LogP contribution in [0.25, 0.3) is 10.9 Å². The normalized spacial score (nSPS) is 10.7. The Morgan fingerprint density at radius 2 is 2.12 bits per heavy atom. The van der Waals surface area contributed by atoms with Gasteiger partial charge in [0.25, 0.3) is 0 Å². The van der Waals surface area contributed by atoms with Gasteiger partial charge in [-0.2, -0.15) is 0 Å². The molecule has 0 aliphatic heterocycles. The molecule has 1 heterocycles. The molecule has 6 heteroatoms. The Kier molecular flexibility index (Phi) is 5.02. The second-order valence-corrected chi connectivity index (χ2v) is 5.87. The highest BCUT2D eigenvalue weighted by Crippen LogP contribution is 2.34. The first kappa shape index (κ1) is 17.7. The summed E-state index contributed by atoms with van der Waals surface area (Å²) in [6.07, 6.45) is 2.61. The first-order chi connectivity index (χ1) is 12.5. The van der Waals surface area contributed by atoms with Crippen LogP contribution in [0.15, 0.2) is 42.6 Å². The van der Waals surface area contributed by atoms with Crippen molar-refractivity contribution in [2.45, 2.75) is 19.8 Å². The van der Waals surface area contributed by atoms with E-state index in [0.29, 0.717) is 46.4 Å².